The molecule has 15 heteroatoms. The zero-order chi connectivity index (χ0) is 36.3. The third-order valence-corrected chi connectivity index (χ3v) is 7.19. The van der Waals surface area contributed by atoms with Crippen LogP contribution in [0.25, 0.3) is 44.4 Å². The molecule has 3 heterocycles. The molecule has 4 N–H and O–H groups in total. The summed E-state index contributed by atoms with van der Waals surface area (Å²) in [6, 6.07) is 12.7. The van der Waals surface area contributed by atoms with Crippen LogP contribution in [-0.4, -0.2) is 48.0 Å². The number of nitrogen functional groups attached to an aromatic ring is 1. The molecule has 256 valence electrons. The lowest BCUT2D eigenvalue weighted by molar-refractivity contribution is -0.134. The fourth-order valence-electron chi connectivity index (χ4n) is 5.12. The highest BCUT2D eigenvalue weighted by Crippen LogP contribution is 2.37. The maximum atomic E-state index is 15.0. The first kappa shape index (κ1) is 34.8. The fourth-order valence-corrected chi connectivity index (χ4v) is 5.12. The molecule has 6 aromatic rings. The average molecular weight is 688 g/mol. The maximum absolute atomic E-state index is 15.0. The van der Waals surface area contributed by atoms with E-state index in [2.05, 4.69) is 9.97 Å². The molecule has 0 saturated carbocycles. The van der Waals surface area contributed by atoms with Crippen LogP contribution in [0.3, 0.4) is 0 Å². The van der Waals surface area contributed by atoms with E-state index in [0.717, 1.165) is 6.07 Å². The number of benzene rings is 3. The Bertz CT molecular complexity index is 2340. The number of rotatable bonds is 8. The van der Waals surface area contributed by atoms with Gasteiger partial charge in [-0.05, 0) is 74.9 Å². The summed E-state index contributed by atoms with van der Waals surface area (Å²) in [6.45, 7) is 5.30. The number of halogens is 3. The van der Waals surface area contributed by atoms with Crippen molar-refractivity contribution in [3.05, 3.63) is 113 Å². The zero-order valence-corrected chi connectivity index (χ0v) is 26.6. The first-order valence-electron chi connectivity index (χ1n) is 14.9. The van der Waals surface area contributed by atoms with Gasteiger partial charge in [0.1, 0.15) is 46.9 Å². The van der Waals surface area contributed by atoms with Crippen LogP contribution >= 0.6 is 0 Å². The smallest absolute Gasteiger partial charge is 0.328 e. The predicted molar refractivity (Wildman–Crippen MR) is 177 cm³/mol. The Morgan fingerprint density at radius 1 is 0.920 bits per heavy atom. The van der Waals surface area contributed by atoms with Gasteiger partial charge >= 0.3 is 11.9 Å². The molecule has 50 heavy (non-hydrogen) atoms. The van der Waals surface area contributed by atoms with E-state index in [1.54, 1.807) is 32.9 Å². The third kappa shape index (κ3) is 7.31. The van der Waals surface area contributed by atoms with Gasteiger partial charge in [-0.25, -0.2) is 37.4 Å². The topological polar surface area (TPSA) is 184 Å². The molecule has 3 aromatic heterocycles. The molecule has 0 amide bonds. The minimum atomic E-state index is -1.26. The minimum absolute atomic E-state index is 0.00183. The van der Waals surface area contributed by atoms with Crippen LogP contribution in [0, 0.1) is 17.5 Å². The second kappa shape index (κ2) is 14.3. The van der Waals surface area contributed by atoms with Gasteiger partial charge in [-0.1, -0.05) is 12.1 Å². The van der Waals surface area contributed by atoms with Gasteiger partial charge in [0.15, 0.2) is 17.2 Å². The summed E-state index contributed by atoms with van der Waals surface area (Å²) in [5, 5.41) is 20.7. The first-order valence-corrected chi connectivity index (χ1v) is 14.9. The van der Waals surface area contributed by atoms with E-state index >= 15 is 0 Å². The highest BCUT2D eigenvalue weighted by molar-refractivity contribution is 5.98. The number of ether oxygens (including phenoxy) is 1. The summed E-state index contributed by atoms with van der Waals surface area (Å²) in [5.74, 6) is -3.96. The SMILES string of the molecule is CC(C)Oc1ccc(-c2nn([C@@H](C)c3oc4ccc(F)cc4c(=O)c3-c3cccc(F)c3)c3ncnc(N)c23)cc1F.O=C(O)/C=C\C(=O)O. The quantitative estimate of drug-likeness (QED) is 0.151. The Morgan fingerprint density at radius 3 is 2.26 bits per heavy atom. The van der Waals surface area contributed by atoms with Crippen molar-refractivity contribution in [2.24, 2.45) is 0 Å². The zero-order valence-electron chi connectivity index (χ0n) is 26.6. The molecule has 0 aliphatic rings. The summed E-state index contributed by atoms with van der Waals surface area (Å²) in [7, 11) is 0. The van der Waals surface area contributed by atoms with Crippen molar-refractivity contribution in [3.63, 3.8) is 0 Å². The number of nitrogens with zero attached hydrogens (tertiary/aromatic N) is 4. The lowest BCUT2D eigenvalue weighted by atomic mass is 9.99. The minimum Gasteiger partial charge on any atom is -0.488 e. The number of hydrogen-bond acceptors (Lipinski definition) is 9. The molecule has 0 saturated heterocycles. The van der Waals surface area contributed by atoms with Gasteiger partial charge in [-0.2, -0.15) is 5.10 Å². The third-order valence-electron chi connectivity index (χ3n) is 7.19. The number of hydrogen-bond donors (Lipinski definition) is 3. The number of carboxylic acids is 2. The normalized spacial score (nSPS) is 11.9. The summed E-state index contributed by atoms with van der Waals surface area (Å²) >= 11 is 0. The molecule has 0 bridgehead atoms. The molecule has 0 radical (unpaired) electrons. The Hall–Kier alpha value is -6.51. The summed E-state index contributed by atoms with van der Waals surface area (Å²) in [5.41, 5.74) is 7.10. The number of aromatic nitrogens is 4. The number of nitrogens with two attached hydrogens (primary N) is 1. The second-order valence-electron chi connectivity index (χ2n) is 11.1. The summed E-state index contributed by atoms with van der Waals surface area (Å²) in [4.78, 5) is 41.4. The lowest BCUT2D eigenvalue weighted by Gasteiger charge is -2.17. The standard InChI is InChI=1S/C31H24F3N5O3.C4H4O4/c1-15(2)41-24-9-7-18(12-22(24)34)27-26-30(35)36-14-37-31(26)39(38-27)16(3)29-25(17-5-4-6-19(32)11-17)28(40)21-13-20(33)8-10-23(21)42-29;5-3(6)1-2-4(7)8/h4-16H,1-3H3,(H2,35,36,37);1-2H,(H,5,6)(H,7,8)/b;2-1-/t16-;/m0./s1. The maximum Gasteiger partial charge on any atom is 0.328 e. The molecule has 0 aliphatic heterocycles. The van der Waals surface area contributed by atoms with Gasteiger partial charge < -0.3 is 25.1 Å². The van der Waals surface area contributed by atoms with E-state index in [0.29, 0.717) is 34.4 Å². The van der Waals surface area contributed by atoms with E-state index in [4.69, 9.17) is 30.2 Å². The van der Waals surface area contributed by atoms with Crippen LogP contribution in [0.4, 0.5) is 19.0 Å². The van der Waals surface area contributed by atoms with E-state index in [9.17, 15) is 27.6 Å². The molecule has 1 atom stereocenters. The van der Waals surface area contributed by atoms with Crippen LogP contribution in [-0.2, 0) is 9.59 Å². The Morgan fingerprint density at radius 2 is 1.62 bits per heavy atom. The Balaban J connectivity index is 0.000000544. The van der Waals surface area contributed by atoms with E-state index in [1.807, 2.05) is 0 Å². The van der Waals surface area contributed by atoms with Crippen LogP contribution in [0.2, 0.25) is 0 Å². The molecule has 0 spiro atoms. The lowest BCUT2D eigenvalue weighted by Crippen LogP contribution is -2.16. The van der Waals surface area contributed by atoms with E-state index in [1.165, 1.54) is 53.5 Å². The monoisotopic (exact) mass is 687 g/mol. The summed E-state index contributed by atoms with van der Waals surface area (Å²) in [6.07, 6.45) is 2.15. The van der Waals surface area contributed by atoms with Crippen molar-refractivity contribution in [1.29, 1.82) is 0 Å². The number of anilines is 1. The molecular formula is C35H28F3N5O7. The van der Waals surface area contributed by atoms with Crippen molar-refractivity contribution in [3.8, 4) is 28.1 Å². The number of carboxylic acid groups (broad SMARTS) is 2. The van der Waals surface area contributed by atoms with Gasteiger partial charge in [-0.3, -0.25) is 4.79 Å². The highest BCUT2D eigenvalue weighted by Gasteiger charge is 2.27. The molecule has 12 nitrogen and oxygen atoms in total. The largest absolute Gasteiger partial charge is 0.488 e. The highest BCUT2D eigenvalue weighted by atomic mass is 19.1. The second-order valence-corrected chi connectivity index (χ2v) is 11.1. The predicted octanol–water partition coefficient (Wildman–Crippen LogP) is 6.37. The molecule has 6 rings (SSSR count). The Labute approximate surface area is 280 Å². The Kier molecular flexibility index (Phi) is 9.96. The molecule has 0 unspecified atom stereocenters. The van der Waals surface area contributed by atoms with Crippen molar-refractivity contribution in [2.75, 3.05) is 5.73 Å². The molecule has 0 aliphatic carbocycles. The molecule has 0 fully saturated rings. The van der Waals surface area contributed by atoms with Crippen molar-refractivity contribution < 1.29 is 42.1 Å². The molecular weight excluding hydrogens is 659 g/mol. The van der Waals surface area contributed by atoms with Gasteiger partial charge in [-0.15, -0.1) is 0 Å². The fraction of sp³-hybridized carbons (Fsp3) is 0.143. The van der Waals surface area contributed by atoms with Crippen molar-refractivity contribution >= 4 is 39.8 Å². The summed E-state index contributed by atoms with van der Waals surface area (Å²) < 4.78 is 56.6. The van der Waals surface area contributed by atoms with Crippen LogP contribution in [0.15, 0.2) is 88.4 Å². The number of aliphatic carboxylic acids is 2. The van der Waals surface area contributed by atoms with Crippen molar-refractivity contribution in [2.45, 2.75) is 32.9 Å². The molecule has 3 aromatic carbocycles. The van der Waals surface area contributed by atoms with Gasteiger partial charge in [0.25, 0.3) is 0 Å². The van der Waals surface area contributed by atoms with Crippen LogP contribution in [0.1, 0.15) is 32.6 Å². The van der Waals surface area contributed by atoms with E-state index < -0.39 is 40.9 Å². The van der Waals surface area contributed by atoms with E-state index in [-0.39, 0.29) is 45.5 Å². The number of fused-ring (bicyclic) bond motifs is 2. The van der Waals surface area contributed by atoms with Gasteiger partial charge in [0.2, 0.25) is 5.43 Å². The van der Waals surface area contributed by atoms with Gasteiger partial charge in [0.05, 0.1) is 22.4 Å². The van der Waals surface area contributed by atoms with Gasteiger partial charge in [0, 0.05) is 17.7 Å². The van der Waals surface area contributed by atoms with Crippen LogP contribution < -0.4 is 15.9 Å². The van der Waals surface area contributed by atoms with Crippen LogP contribution in [0.5, 0.6) is 5.75 Å². The first-order chi connectivity index (χ1) is 23.7. The number of carbonyl (C=O) groups is 2. The average Bonchev–Trinajstić information content (AvgIpc) is 3.46. The van der Waals surface area contributed by atoms with Crippen molar-refractivity contribution in [1.82, 2.24) is 19.7 Å².